The first-order valence-corrected chi connectivity index (χ1v) is 6.54. The summed E-state index contributed by atoms with van der Waals surface area (Å²) in [5.74, 6) is -1.94. The molecule has 0 amide bonds. The van der Waals surface area contributed by atoms with Crippen LogP contribution >= 0.6 is 0 Å². The van der Waals surface area contributed by atoms with Crippen LogP contribution in [0.15, 0.2) is 0 Å². The van der Waals surface area contributed by atoms with Gasteiger partial charge in [-0.2, -0.15) is 0 Å². The second-order valence-electron chi connectivity index (χ2n) is 5.81. The third kappa shape index (κ3) is 16.9. The number of carbonyl (C=O) groups is 2. The molecule has 1 atom stereocenters. The highest BCUT2D eigenvalue weighted by Gasteiger charge is 2.22. The van der Waals surface area contributed by atoms with Gasteiger partial charge >= 0.3 is 11.9 Å². The van der Waals surface area contributed by atoms with Crippen molar-refractivity contribution >= 4 is 11.9 Å². The van der Waals surface area contributed by atoms with E-state index in [-0.39, 0.29) is 23.9 Å². The quantitative estimate of drug-likeness (QED) is 0.629. The second-order valence-corrected chi connectivity index (χ2v) is 5.81. The maximum atomic E-state index is 9.70. The van der Waals surface area contributed by atoms with E-state index >= 15 is 0 Å². The van der Waals surface area contributed by atoms with Crippen molar-refractivity contribution in [2.45, 2.75) is 54.6 Å². The van der Waals surface area contributed by atoms with Crippen LogP contribution in [0.2, 0.25) is 0 Å². The Morgan fingerprint density at radius 3 is 1.10 bits per heavy atom. The molecule has 4 N–H and O–H groups in total. The lowest BCUT2D eigenvalue weighted by Gasteiger charge is -2.24. The Morgan fingerprint density at radius 2 is 1.10 bits per heavy atom. The van der Waals surface area contributed by atoms with Crippen molar-refractivity contribution in [3.05, 3.63) is 0 Å². The summed E-state index contributed by atoms with van der Waals surface area (Å²) in [4.78, 5) is 19.4. The minimum absolute atomic E-state index is 0.0324. The van der Waals surface area contributed by atoms with E-state index in [1.165, 1.54) is 0 Å². The van der Waals surface area contributed by atoms with Gasteiger partial charge in [0.25, 0.3) is 0 Å². The number of aliphatic carboxylic acids is 2. The molecule has 0 aliphatic heterocycles. The molecule has 6 heteroatoms. The largest absolute Gasteiger partial charge is 0.481 e. The van der Waals surface area contributed by atoms with E-state index in [1.54, 1.807) is 34.6 Å². The molecule has 0 rings (SSSR count). The first-order chi connectivity index (χ1) is 8.79. The van der Waals surface area contributed by atoms with Crippen molar-refractivity contribution in [3.8, 4) is 0 Å². The summed E-state index contributed by atoms with van der Waals surface area (Å²) in [6.07, 6.45) is -0.438. The van der Waals surface area contributed by atoms with Crippen LogP contribution in [0.5, 0.6) is 0 Å². The maximum absolute atomic E-state index is 9.70. The summed E-state index contributed by atoms with van der Waals surface area (Å²) in [6, 6.07) is 0. The number of carboxylic acids is 2. The number of hydrogen-bond acceptors (Lipinski definition) is 4. The number of hydrogen-bond donors (Lipinski definition) is 4. The van der Waals surface area contributed by atoms with Crippen LogP contribution in [0.1, 0.15) is 48.5 Å². The van der Waals surface area contributed by atoms with E-state index < -0.39 is 18.0 Å². The molecule has 0 spiro atoms. The monoisotopic (exact) mass is 294 g/mol. The zero-order valence-corrected chi connectivity index (χ0v) is 13.5. The van der Waals surface area contributed by atoms with Crippen LogP contribution < -0.4 is 0 Å². The molecule has 0 aliphatic carbocycles. The zero-order chi connectivity index (χ0) is 17.1. The Labute approximate surface area is 121 Å². The molecule has 0 fully saturated rings. The molecule has 122 valence electrons. The van der Waals surface area contributed by atoms with Crippen molar-refractivity contribution in [2.24, 2.45) is 17.3 Å². The fourth-order valence-corrected chi connectivity index (χ4v) is 0.132. The second kappa shape index (κ2) is 11.7. The third-order valence-electron chi connectivity index (χ3n) is 2.53. The number of aliphatic hydroxyl groups is 2. The van der Waals surface area contributed by atoms with Gasteiger partial charge in [0.15, 0.2) is 0 Å². The molecule has 0 heterocycles. The smallest absolute Gasteiger partial charge is 0.305 e. The molecule has 0 saturated heterocycles. The van der Waals surface area contributed by atoms with Crippen LogP contribution in [0, 0.1) is 17.3 Å². The Balaban J connectivity index is -0.000000221. The molecule has 1 unspecified atom stereocenters. The molecule has 20 heavy (non-hydrogen) atoms. The summed E-state index contributed by atoms with van der Waals surface area (Å²) < 4.78 is 0. The molecule has 0 bridgehead atoms. The fraction of sp³-hybridized carbons (Fsp3) is 0.857. The Kier molecular flexibility index (Phi) is 14.0. The van der Waals surface area contributed by atoms with E-state index in [0.717, 1.165) is 0 Å². The summed E-state index contributed by atoms with van der Waals surface area (Å²) in [6.45, 7) is 11.9. The van der Waals surface area contributed by atoms with Crippen LogP contribution in [0.3, 0.4) is 0 Å². The summed E-state index contributed by atoms with van der Waals surface area (Å²) >= 11 is 0. The number of rotatable bonds is 4. The first kappa shape index (κ1) is 23.9. The molecular weight excluding hydrogens is 264 g/mol. The van der Waals surface area contributed by atoms with Crippen molar-refractivity contribution in [1.82, 2.24) is 0 Å². The highest BCUT2D eigenvalue weighted by Crippen LogP contribution is 2.18. The third-order valence-corrected chi connectivity index (χ3v) is 2.53. The summed E-state index contributed by atoms with van der Waals surface area (Å²) in [5.41, 5.74) is -0.347. The van der Waals surface area contributed by atoms with Crippen molar-refractivity contribution in [2.75, 3.05) is 6.61 Å². The van der Waals surface area contributed by atoms with Gasteiger partial charge in [0.2, 0.25) is 0 Å². The molecule has 0 aliphatic rings. The standard InChI is InChI=1S/C6H14O2.2C4H8O2/c1-5(8)6(2,3)4-7;2*1-3(2)4(5)6/h5,7-8H,4H2,1-3H3;2*3H,1-2H3,(H,5,6). The lowest BCUT2D eigenvalue weighted by atomic mass is 9.89. The fourth-order valence-electron chi connectivity index (χ4n) is 0.132. The van der Waals surface area contributed by atoms with Crippen LogP contribution in [-0.4, -0.2) is 45.1 Å². The van der Waals surface area contributed by atoms with Gasteiger partial charge in [-0.1, -0.05) is 41.5 Å². The lowest BCUT2D eigenvalue weighted by molar-refractivity contribution is -0.141. The molecule has 0 saturated carbocycles. The van der Waals surface area contributed by atoms with Crippen molar-refractivity contribution in [1.29, 1.82) is 0 Å². The first-order valence-electron chi connectivity index (χ1n) is 6.54. The molecular formula is C14H30O6. The van der Waals surface area contributed by atoms with Crippen LogP contribution in [0.4, 0.5) is 0 Å². The van der Waals surface area contributed by atoms with Crippen LogP contribution in [-0.2, 0) is 9.59 Å². The van der Waals surface area contributed by atoms with E-state index in [4.69, 9.17) is 20.4 Å². The highest BCUT2D eigenvalue weighted by molar-refractivity contribution is 5.69. The Bertz CT molecular complexity index is 251. The average Bonchev–Trinajstić information content (AvgIpc) is 2.30. The molecule has 0 aromatic rings. The van der Waals surface area contributed by atoms with Gasteiger partial charge in [-0.3, -0.25) is 9.59 Å². The van der Waals surface area contributed by atoms with Gasteiger partial charge in [0, 0.05) is 5.41 Å². The zero-order valence-electron chi connectivity index (χ0n) is 13.5. The molecule has 0 radical (unpaired) electrons. The van der Waals surface area contributed by atoms with Gasteiger partial charge in [0.05, 0.1) is 24.5 Å². The topological polar surface area (TPSA) is 115 Å². The predicted molar refractivity (Wildman–Crippen MR) is 77.5 cm³/mol. The van der Waals surface area contributed by atoms with E-state index in [2.05, 4.69) is 0 Å². The maximum Gasteiger partial charge on any atom is 0.305 e. The van der Waals surface area contributed by atoms with Gasteiger partial charge in [-0.15, -0.1) is 0 Å². The van der Waals surface area contributed by atoms with Gasteiger partial charge < -0.3 is 20.4 Å². The normalized spacial score (nSPS) is 11.9. The van der Waals surface area contributed by atoms with E-state index in [9.17, 15) is 9.59 Å². The Hall–Kier alpha value is -1.14. The van der Waals surface area contributed by atoms with Gasteiger partial charge in [0.1, 0.15) is 0 Å². The average molecular weight is 294 g/mol. The lowest BCUT2D eigenvalue weighted by Crippen LogP contribution is -2.29. The minimum Gasteiger partial charge on any atom is -0.481 e. The SMILES string of the molecule is CC(C)C(=O)O.CC(C)C(=O)O.CC(O)C(C)(C)CO. The van der Waals surface area contributed by atoms with Crippen LogP contribution in [0.25, 0.3) is 0 Å². The summed E-state index contributed by atoms with van der Waals surface area (Å²) in [7, 11) is 0. The van der Waals surface area contributed by atoms with Crippen molar-refractivity contribution in [3.63, 3.8) is 0 Å². The predicted octanol–water partition coefficient (Wildman–Crippen LogP) is 1.84. The van der Waals surface area contributed by atoms with E-state index in [1.807, 2.05) is 13.8 Å². The summed E-state index contributed by atoms with van der Waals surface area (Å²) in [5, 5.41) is 33.5. The number of aliphatic hydroxyl groups excluding tert-OH is 2. The Morgan fingerprint density at radius 1 is 0.900 bits per heavy atom. The van der Waals surface area contributed by atoms with Gasteiger partial charge in [-0.25, -0.2) is 0 Å². The molecule has 0 aromatic carbocycles. The van der Waals surface area contributed by atoms with Gasteiger partial charge in [-0.05, 0) is 6.92 Å². The number of carboxylic acid groups (broad SMARTS) is 2. The minimum atomic E-state index is -0.741. The molecule has 0 aromatic heterocycles. The van der Waals surface area contributed by atoms with Crippen molar-refractivity contribution < 1.29 is 30.0 Å². The highest BCUT2D eigenvalue weighted by atomic mass is 16.4. The molecule has 6 nitrogen and oxygen atoms in total. The van der Waals surface area contributed by atoms with E-state index in [0.29, 0.717) is 0 Å².